The average Bonchev–Trinajstić information content (AvgIpc) is 2.31. The molecule has 0 radical (unpaired) electrons. The lowest BCUT2D eigenvalue weighted by molar-refractivity contribution is -0.137. The second-order valence-electron chi connectivity index (χ2n) is 4.95. The highest BCUT2D eigenvalue weighted by Gasteiger charge is 2.22. The molecule has 0 atom stereocenters. The van der Waals surface area contributed by atoms with Crippen molar-refractivity contribution in [2.24, 2.45) is 0 Å². The number of hydrogen-bond donors (Lipinski definition) is 3. The zero-order valence-corrected chi connectivity index (χ0v) is 12.7. The molecule has 0 aromatic heterocycles. The Kier molecular flexibility index (Phi) is 5.65. The topological polar surface area (TPSA) is 78.4 Å². The fourth-order valence-electron chi connectivity index (χ4n) is 1.55. The van der Waals surface area contributed by atoms with Gasteiger partial charge in [0.1, 0.15) is 0 Å². The van der Waals surface area contributed by atoms with Crippen molar-refractivity contribution in [3.63, 3.8) is 0 Å². The predicted octanol–water partition coefficient (Wildman–Crippen LogP) is 3.76. The van der Waals surface area contributed by atoms with E-state index >= 15 is 0 Å². The number of hydrogen-bond acceptors (Lipinski definition) is 2. The zero-order valence-electron chi connectivity index (χ0n) is 11.2. The molecule has 1 rings (SSSR count). The van der Waals surface area contributed by atoms with E-state index in [4.69, 9.17) is 28.3 Å². The largest absolute Gasteiger partial charge is 0.481 e. The van der Waals surface area contributed by atoms with Crippen LogP contribution in [0.4, 0.5) is 10.5 Å². The van der Waals surface area contributed by atoms with E-state index in [1.165, 1.54) is 0 Å². The first-order chi connectivity index (χ1) is 9.21. The highest BCUT2D eigenvalue weighted by atomic mass is 35.5. The van der Waals surface area contributed by atoms with Gasteiger partial charge >= 0.3 is 12.0 Å². The van der Waals surface area contributed by atoms with E-state index in [-0.39, 0.29) is 6.42 Å². The molecule has 0 bridgehead atoms. The van der Waals surface area contributed by atoms with Crippen LogP contribution in [-0.4, -0.2) is 22.6 Å². The van der Waals surface area contributed by atoms with E-state index in [0.717, 1.165) is 0 Å². The van der Waals surface area contributed by atoms with E-state index in [1.807, 2.05) is 0 Å². The quantitative estimate of drug-likeness (QED) is 0.773. The first-order valence-electron chi connectivity index (χ1n) is 5.96. The van der Waals surface area contributed by atoms with Crippen LogP contribution in [-0.2, 0) is 4.79 Å². The summed E-state index contributed by atoms with van der Waals surface area (Å²) in [5, 5.41) is 14.6. The monoisotopic (exact) mass is 318 g/mol. The van der Waals surface area contributed by atoms with E-state index in [9.17, 15) is 9.59 Å². The third-order valence-electron chi connectivity index (χ3n) is 2.62. The Hall–Kier alpha value is -1.46. The van der Waals surface area contributed by atoms with Crippen molar-refractivity contribution in [2.45, 2.75) is 32.2 Å². The Morgan fingerprint density at radius 2 is 1.80 bits per heavy atom. The van der Waals surface area contributed by atoms with Crippen molar-refractivity contribution in [3.05, 3.63) is 28.2 Å². The Morgan fingerprint density at radius 1 is 1.25 bits per heavy atom. The molecule has 0 saturated heterocycles. The van der Waals surface area contributed by atoms with Crippen LogP contribution in [0.2, 0.25) is 10.0 Å². The van der Waals surface area contributed by atoms with Gasteiger partial charge in [0.15, 0.2) is 0 Å². The van der Waals surface area contributed by atoms with E-state index < -0.39 is 17.5 Å². The first-order valence-corrected chi connectivity index (χ1v) is 6.72. The van der Waals surface area contributed by atoms with Crippen LogP contribution >= 0.6 is 23.2 Å². The number of amides is 2. The molecule has 0 fully saturated rings. The van der Waals surface area contributed by atoms with Gasteiger partial charge in [-0.2, -0.15) is 0 Å². The number of carbonyl (C=O) groups excluding carboxylic acids is 1. The van der Waals surface area contributed by atoms with Crippen molar-refractivity contribution < 1.29 is 14.7 Å². The van der Waals surface area contributed by atoms with Gasteiger partial charge in [0.2, 0.25) is 0 Å². The van der Waals surface area contributed by atoms with Gasteiger partial charge in [-0.1, -0.05) is 29.3 Å². The number of carboxylic acid groups (broad SMARTS) is 1. The summed E-state index contributed by atoms with van der Waals surface area (Å²) in [7, 11) is 0. The van der Waals surface area contributed by atoms with Crippen molar-refractivity contribution >= 4 is 40.9 Å². The second kappa shape index (κ2) is 6.81. The maximum atomic E-state index is 11.9. The minimum absolute atomic E-state index is 0.0276. The summed E-state index contributed by atoms with van der Waals surface area (Å²) in [5.41, 5.74) is -0.335. The number of anilines is 1. The van der Waals surface area contributed by atoms with Crippen LogP contribution in [0.5, 0.6) is 0 Å². The molecule has 0 spiro atoms. The van der Waals surface area contributed by atoms with E-state index in [1.54, 1.807) is 32.0 Å². The van der Waals surface area contributed by atoms with Crippen LogP contribution in [0.1, 0.15) is 26.7 Å². The SMILES string of the molecule is CC(C)(CCC(=O)O)NC(=O)Nc1c(Cl)cccc1Cl. The summed E-state index contributed by atoms with van der Waals surface area (Å²) in [6, 6.07) is 4.40. The molecule has 0 aliphatic heterocycles. The Bertz CT molecular complexity index is 498. The summed E-state index contributed by atoms with van der Waals surface area (Å²) in [6.45, 7) is 3.48. The number of para-hydroxylation sites is 1. The van der Waals surface area contributed by atoms with Crippen molar-refractivity contribution in [2.75, 3.05) is 5.32 Å². The molecule has 2 amide bonds. The number of benzene rings is 1. The molecule has 3 N–H and O–H groups in total. The van der Waals surface area contributed by atoms with Crippen LogP contribution in [0, 0.1) is 0 Å². The maximum Gasteiger partial charge on any atom is 0.319 e. The fraction of sp³-hybridized carbons (Fsp3) is 0.385. The lowest BCUT2D eigenvalue weighted by Gasteiger charge is -2.26. The molecule has 1 aromatic rings. The second-order valence-corrected chi connectivity index (χ2v) is 5.77. The van der Waals surface area contributed by atoms with Gasteiger partial charge in [-0.05, 0) is 32.4 Å². The lowest BCUT2D eigenvalue weighted by Crippen LogP contribution is -2.45. The molecule has 20 heavy (non-hydrogen) atoms. The molecule has 0 saturated carbocycles. The summed E-state index contributed by atoms with van der Waals surface area (Å²) >= 11 is 11.9. The molecule has 0 aliphatic carbocycles. The Morgan fingerprint density at radius 3 is 2.30 bits per heavy atom. The number of rotatable bonds is 5. The van der Waals surface area contributed by atoms with Gasteiger partial charge in [0.25, 0.3) is 0 Å². The Balaban J connectivity index is 2.65. The number of urea groups is 1. The highest BCUT2D eigenvalue weighted by Crippen LogP contribution is 2.29. The molecule has 1 aromatic carbocycles. The zero-order chi connectivity index (χ0) is 15.3. The molecular formula is C13H16Cl2N2O3. The summed E-state index contributed by atoms with van der Waals surface area (Å²) in [4.78, 5) is 22.4. The van der Waals surface area contributed by atoms with Gasteiger partial charge in [-0.3, -0.25) is 4.79 Å². The summed E-state index contributed by atoms with van der Waals surface area (Å²) < 4.78 is 0. The molecule has 5 nitrogen and oxygen atoms in total. The van der Waals surface area contributed by atoms with E-state index in [2.05, 4.69) is 10.6 Å². The number of carbonyl (C=O) groups is 2. The summed E-state index contributed by atoms with van der Waals surface area (Å²) in [5.74, 6) is -0.908. The standard InChI is InChI=1S/C13H16Cl2N2O3/c1-13(2,7-6-10(18)19)17-12(20)16-11-8(14)4-3-5-9(11)15/h3-5H,6-7H2,1-2H3,(H,18,19)(H2,16,17,20). The molecule has 7 heteroatoms. The van der Waals surface area contributed by atoms with Gasteiger partial charge in [-0.15, -0.1) is 0 Å². The maximum absolute atomic E-state index is 11.9. The van der Waals surface area contributed by atoms with E-state index in [0.29, 0.717) is 22.2 Å². The van der Waals surface area contributed by atoms with Crippen LogP contribution in [0.15, 0.2) is 18.2 Å². The summed E-state index contributed by atoms with van der Waals surface area (Å²) in [6.07, 6.45) is 0.284. The number of carboxylic acids is 1. The molecular weight excluding hydrogens is 303 g/mol. The number of aliphatic carboxylic acids is 1. The van der Waals surface area contributed by atoms with Crippen LogP contribution in [0.25, 0.3) is 0 Å². The predicted molar refractivity (Wildman–Crippen MR) is 79.6 cm³/mol. The van der Waals surface area contributed by atoms with Gasteiger partial charge in [0, 0.05) is 12.0 Å². The smallest absolute Gasteiger partial charge is 0.319 e. The molecule has 0 aliphatic rings. The first kappa shape index (κ1) is 16.6. The van der Waals surface area contributed by atoms with Gasteiger partial charge in [0.05, 0.1) is 15.7 Å². The Labute approximate surface area is 127 Å². The fourth-order valence-corrected chi connectivity index (χ4v) is 2.04. The minimum Gasteiger partial charge on any atom is -0.481 e. The third kappa shape index (κ3) is 5.27. The molecule has 0 heterocycles. The van der Waals surface area contributed by atoms with Crippen LogP contribution < -0.4 is 10.6 Å². The average molecular weight is 319 g/mol. The molecule has 0 unspecified atom stereocenters. The van der Waals surface area contributed by atoms with Crippen LogP contribution in [0.3, 0.4) is 0 Å². The number of halogens is 2. The van der Waals surface area contributed by atoms with Crippen molar-refractivity contribution in [1.29, 1.82) is 0 Å². The minimum atomic E-state index is -0.908. The van der Waals surface area contributed by atoms with Gasteiger partial charge in [-0.25, -0.2) is 4.79 Å². The lowest BCUT2D eigenvalue weighted by atomic mass is 9.99. The number of nitrogens with one attached hydrogen (secondary N) is 2. The molecule has 110 valence electrons. The third-order valence-corrected chi connectivity index (χ3v) is 3.25. The normalized spacial score (nSPS) is 11.0. The highest BCUT2D eigenvalue weighted by molar-refractivity contribution is 6.39. The van der Waals surface area contributed by atoms with Gasteiger partial charge < -0.3 is 15.7 Å². The van der Waals surface area contributed by atoms with Crippen molar-refractivity contribution in [1.82, 2.24) is 5.32 Å². The van der Waals surface area contributed by atoms with Crippen molar-refractivity contribution in [3.8, 4) is 0 Å².